The van der Waals surface area contributed by atoms with E-state index in [2.05, 4.69) is 4.98 Å². The van der Waals surface area contributed by atoms with Crippen LogP contribution in [0.1, 0.15) is 17.6 Å². The van der Waals surface area contributed by atoms with Crippen molar-refractivity contribution in [3.8, 4) is 0 Å². The summed E-state index contributed by atoms with van der Waals surface area (Å²) < 4.78 is 24.8. The molecule has 6 heteroatoms. The van der Waals surface area contributed by atoms with Crippen LogP contribution in [0.25, 0.3) is 0 Å². The maximum absolute atomic E-state index is 12.4. The van der Waals surface area contributed by atoms with Gasteiger partial charge in [0.05, 0.1) is 5.88 Å². The third-order valence-electron chi connectivity index (χ3n) is 1.58. The summed E-state index contributed by atoms with van der Waals surface area (Å²) in [5.74, 6) is -0.161. The van der Waals surface area contributed by atoms with Crippen LogP contribution in [0.2, 0.25) is 0 Å². The number of rotatable bonds is 2. The highest BCUT2D eigenvalue weighted by Crippen LogP contribution is 2.28. The summed E-state index contributed by atoms with van der Waals surface area (Å²) in [6, 6.07) is 1.08. The van der Waals surface area contributed by atoms with E-state index in [0.29, 0.717) is 0 Å². The Balaban J connectivity index is 3.29. The molecule has 0 aliphatic heterocycles. The molecule has 0 bridgehead atoms. The summed E-state index contributed by atoms with van der Waals surface area (Å²) in [4.78, 5) is 3.63. The Morgan fingerprint density at radius 3 is 2.54 bits per heavy atom. The van der Waals surface area contributed by atoms with E-state index in [9.17, 15) is 8.78 Å². The molecule has 72 valence electrons. The fourth-order valence-electron chi connectivity index (χ4n) is 0.973. The third-order valence-corrected chi connectivity index (χ3v) is 1.85. The number of pyridine rings is 1. The number of alkyl halides is 3. The average Bonchev–Trinajstić information content (AvgIpc) is 2.02. The van der Waals surface area contributed by atoms with Crippen molar-refractivity contribution < 1.29 is 8.78 Å². The van der Waals surface area contributed by atoms with Crippen LogP contribution in [0.3, 0.4) is 0 Å². The summed E-state index contributed by atoms with van der Waals surface area (Å²) in [5.41, 5.74) is 10.5. The van der Waals surface area contributed by atoms with Crippen molar-refractivity contribution in [3.05, 3.63) is 17.2 Å². The zero-order chi connectivity index (χ0) is 10.0. The number of nitrogen functional groups attached to an aromatic ring is 2. The molecule has 4 N–H and O–H groups in total. The van der Waals surface area contributed by atoms with Gasteiger partial charge in [0.25, 0.3) is 6.43 Å². The van der Waals surface area contributed by atoms with E-state index in [1.807, 2.05) is 0 Å². The molecule has 0 fully saturated rings. The van der Waals surface area contributed by atoms with Crippen LogP contribution in [-0.2, 0) is 5.88 Å². The Bertz CT molecular complexity index is 317. The first-order chi connectivity index (χ1) is 6.06. The molecule has 1 heterocycles. The van der Waals surface area contributed by atoms with Crippen LogP contribution in [0.5, 0.6) is 0 Å². The van der Waals surface area contributed by atoms with Gasteiger partial charge in [-0.1, -0.05) is 0 Å². The fraction of sp³-hybridized carbons (Fsp3) is 0.286. The van der Waals surface area contributed by atoms with Gasteiger partial charge in [-0.3, -0.25) is 0 Å². The molecule has 0 radical (unpaired) electrons. The van der Waals surface area contributed by atoms with Crippen LogP contribution in [0.15, 0.2) is 6.07 Å². The van der Waals surface area contributed by atoms with Gasteiger partial charge in [0.2, 0.25) is 0 Å². The number of aromatic nitrogens is 1. The average molecular weight is 208 g/mol. The lowest BCUT2D eigenvalue weighted by molar-refractivity contribution is 0.150. The molecule has 0 aliphatic rings. The Labute approximate surface area is 78.7 Å². The van der Waals surface area contributed by atoms with Crippen molar-refractivity contribution >= 4 is 23.2 Å². The first-order valence-corrected chi connectivity index (χ1v) is 3.98. The van der Waals surface area contributed by atoms with Crippen molar-refractivity contribution in [3.63, 3.8) is 0 Å². The zero-order valence-electron chi connectivity index (χ0n) is 6.60. The number of anilines is 2. The van der Waals surface area contributed by atoms with Gasteiger partial charge >= 0.3 is 0 Å². The molecule has 0 amide bonds. The van der Waals surface area contributed by atoms with Crippen molar-refractivity contribution in [2.75, 3.05) is 11.5 Å². The normalized spacial score (nSPS) is 10.8. The van der Waals surface area contributed by atoms with Crippen LogP contribution < -0.4 is 11.5 Å². The van der Waals surface area contributed by atoms with Crippen molar-refractivity contribution in [2.24, 2.45) is 0 Å². The first kappa shape index (κ1) is 9.98. The minimum Gasteiger partial charge on any atom is -0.384 e. The number of nitrogens with zero attached hydrogens (tertiary/aromatic N) is 1. The molecule has 1 rings (SSSR count). The Hall–Kier alpha value is -1.10. The van der Waals surface area contributed by atoms with Gasteiger partial charge in [-0.2, -0.15) is 0 Å². The predicted octanol–water partition coefficient (Wildman–Crippen LogP) is 1.92. The minimum absolute atomic E-state index is 0.0262. The molecule has 1 aromatic rings. The maximum atomic E-state index is 12.4. The van der Waals surface area contributed by atoms with Gasteiger partial charge in [-0.15, -0.1) is 11.6 Å². The fourth-order valence-corrected chi connectivity index (χ4v) is 1.26. The first-order valence-electron chi connectivity index (χ1n) is 3.45. The monoisotopic (exact) mass is 207 g/mol. The number of hydrogen-bond donors (Lipinski definition) is 2. The zero-order valence-corrected chi connectivity index (χ0v) is 7.35. The van der Waals surface area contributed by atoms with E-state index in [1.54, 1.807) is 0 Å². The van der Waals surface area contributed by atoms with Gasteiger partial charge in [0, 0.05) is 11.1 Å². The molecule has 13 heavy (non-hydrogen) atoms. The maximum Gasteiger partial charge on any atom is 0.264 e. The van der Waals surface area contributed by atoms with Gasteiger partial charge in [-0.25, -0.2) is 13.8 Å². The highest BCUT2D eigenvalue weighted by molar-refractivity contribution is 6.17. The van der Waals surface area contributed by atoms with Gasteiger partial charge in [-0.05, 0) is 6.07 Å². The molecule has 0 atom stereocenters. The molecule has 0 aliphatic carbocycles. The van der Waals surface area contributed by atoms with Crippen molar-refractivity contribution in [2.45, 2.75) is 12.3 Å². The van der Waals surface area contributed by atoms with E-state index in [0.717, 1.165) is 6.07 Å². The second-order valence-corrected chi connectivity index (χ2v) is 2.70. The summed E-state index contributed by atoms with van der Waals surface area (Å²) >= 11 is 5.44. The number of halogens is 3. The molecular weight excluding hydrogens is 200 g/mol. The third kappa shape index (κ3) is 1.98. The molecule has 0 aromatic carbocycles. The molecule has 3 nitrogen and oxygen atoms in total. The van der Waals surface area contributed by atoms with Crippen LogP contribution in [0, 0.1) is 0 Å². The second kappa shape index (κ2) is 3.74. The van der Waals surface area contributed by atoms with E-state index in [4.69, 9.17) is 23.1 Å². The number of nitrogens with two attached hydrogens (primary N) is 2. The summed E-state index contributed by atoms with van der Waals surface area (Å²) in [5, 5.41) is 0. The number of hydrogen-bond acceptors (Lipinski definition) is 3. The summed E-state index contributed by atoms with van der Waals surface area (Å²) in [7, 11) is 0. The van der Waals surface area contributed by atoms with Crippen molar-refractivity contribution in [1.82, 2.24) is 4.98 Å². The van der Waals surface area contributed by atoms with Crippen molar-refractivity contribution in [1.29, 1.82) is 0 Å². The topological polar surface area (TPSA) is 64.9 Å². The Kier molecular flexibility index (Phi) is 2.87. The SMILES string of the molecule is Nc1cc(C(F)F)c(CCl)c(N)n1. The van der Waals surface area contributed by atoms with Gasteiger partial charge < -0.3 is 11.5 Å². The highest BCUT2D eigenvalue weighted by atomic mass is 35.5. The Morgan fingerprint density at radius 2 is 2.08 bits per heavy atom. The summed E-state index contributed by atoms with van der Waals surface area (Å²) in [6.07, 6.45) is -2.64. The molecule has 0 saturated carbocycles. The minimum atomic E-state index is -2.64. The second-order valence-electron chi connectivity index (χ2n) is 2.43. The van der Waals surface area contributed by atoms with Crippen LogP contribution >= 0.6 is 11.6 Å². The van der Waals surface area contributed by atoms with Crippen LogP contribution in [-0.4, -0.2) is 4.98 Å². The lowest BCUT2D eigenvalue weighted by Crippen LogP contribution is -2.04. The smallest absolute Gasteiger partial charge is 0.264 e. The molecule has 0 saturated heterocycles. The molecule has 0 unspecified atom stereocenters. The van der Waals surface area contributed by atoms with E-state index in [1.165, 1.54) is 0 Å². The predicted molar refractivity (Wildman–Crippen MR) is 47.6 cm³/mol. The lowest BCUT2D eigenvalue weighted by atomic mass is 10.1. The largest absolute Gasteiger partial charge is 0.384 e. The van der Waals surface area contributed by atoms with E-state index < -0.39 is 6.43 Å². The van der Waals surface area contributed by atoms with Crippen LogP contribution in [0.4, 0.5) is 20.4 Å². The summed E-state index contributed by atoms with van der Waals surface area (Å²) in [6.45, 7) is 0. The standard InChI is InChI=1S/C7H8ClF2N3/c8-2-4-3(6(9)10)1-5(11)13-7(4)12/h1,6H,2H2,(H4,11,12,13). The molecular formula is C7H8ClF2N3. The molecule has 1 aromatic heterocycles. The van der Waals surface area contributed by atoms with Gasteiger partial charge in [0.15, 0.2) is 0 Å². The Morgan fingerprint density at radius 1 is 1.46 bits per heavy atom. The highest BCUT2D eigenvalue weighted by Gasteiger charge is 2.16. The van der Waals surface area contributed by atoms with E-state index >= 15 is 0 Å². The van der Waals surface area contributed by atoms with Gasteiger partial charge in [0.1, 0.15) is 11.6 Å². The molecule has 0 spiro atoms. The van der Waals surface area contributed by atoms with E-state index in [-0.39, 0.29) is 28.6 Å². The quantitative estimate of drug-likeness (QED) is 0.729. The lowest BCUT2D eigenvalue weighted by Gasteiger charge is -2.09.